The van der Waals surface area contributed by atoms with Crippen LogP contribution >= 0.6 is 0 Å². The van der Waals surface area contributed by atoms with E-state index in [0.717, 1.165) is 0 Å². The third kappa shape index (κ3) is 2.14. The van der Waals surface area contributed by atoms with E-state index in [-0.39, 0.29) is 11.6 Å². The molecule has 24 heavy (non-hydrogen) atoms. The molecule has 0 aromatic carbocycles. The van der Waals surface area contributed by atoms with Gasteiger partial charge in [0, 0.05) is 6.20 Å². The van der Waals surface area contributed by atoms with Crippen molar-refractivity contribution in [2.45, 2.75) is 24.5 Å². The van der Waals surface area contributed by atoms with E-state index in [9.17, 15) is 15.3 Å². The molecule has 3 aromatic heterocycles. The molecule has 6 N–H and O–H groups in total. The van der Waals surface area contributed by atoms with Gasteiger partial charge in [-0.05, 0) is 0 Å². The van der Waals surface area contributed by atoms with Gasteiger partial charge in [0.25, 0.3) is 0 Å². The van der Waals surface area contributed by atoms with Crippen LogP contribution in [0, 0.1) is 0 Å². The smallest absolute Gasteiger partial charge is 0.183 e. The van der Waals surface area contributed by atoms with Crippen molar-refractivity contribution in [2.24, 2.45) is 0 Å². The van der Waals surface area contributed by atoms with Crippen molar-refractivity contribution in [3.05, 3.63) is 18.9 Å². The third-order valence-corrected chi connectivity index (χ3v) is 3.97. The van der Waals surface area contributed by atoms with Crippen LogP contribution in [0.15, 0.2) is 18.9 Å². The summed E-state index contributed by atoms with van der Waals surface area (Å²) in [7, 11) is 0. The number of aromatic amines is 1. The maximum atomic E-state index is 10.2. The van der Waals surface area contributed by atoms with Gasteiger partial charge in [0.15, 0.2) is 23.5 Å². The highest BCUT2D eigenvalue weighted by molar-refractivity contribution is 5.83. The maximum absolute atomic E-state index is 10.2. The lowest BCUT2D eigenvalue weighted by atomic mass is 10.1. The molecule has 0 aliphatic carbocycles. The molecule has 0 spiro atoms. The molecule has 1 aliphatic rings. The van der Waals surface area contributed by atoms with Crippen LogP contribution < -0.4 is 5.73 Å². The number of rotatable bonds is 3. The molecule has 4 atom stereocenters. The van der Waals surface area contributed by atoms with Gasteiger partial charge >= 0.3 is 0 Å². The highest BCUT2D eigenvalue weighted by atomic mass is 16.6. The number of nitrogens with zero attached hydrogens (tertiary/aromatic N) is 5. The number of aliphatic hydroxyl groups is 3. The van der Waals surface area contributed by atoms with Crippen molar-refractivity contribution in [3.63, 3.8) is 0 Å². The topological polar surface area (TPSA) is 168 Å². The zero-order chi connectivity index (χ0) is 16.8. The molecule has 0 amide bonds. The van der Waals surface area contributed by atoms with Crippen LogP contribution in [0.2, 0.25) is 0 Å². The van der Waals surface area contributed by atoms with E-state index in [0.29, 0.717) is 16.9 Å². The molecule has 11 heteroatoms. The van der Waals surface area contributed by atoms with Gasteiger partial charge in [-0.25, -0.2) is 19.9 Å². The third-order valence-electron chi connectivity index (χ3n) is 3.97. The molecule has 0 saturated carbocycles. The second-order valence-corrected chi connectivity index (χ2v) is 5.44. The van der Waals surface area contributed by atoms with E-state index < -0.39 is 31.1 Å². The highest BCUT2D eigenvalue weighted by Crippen LogP contribution is 2.32. The number of nitrogen functional groups attached to an aromatic ring is 1. The number of nitrogens with two attached hydrogens (primary N) is 1. The summed E-state index contributed by atoms with van der Waals surface area (Å²) >= 11 is 0. The Hall–Kier alpha value is -2.60. The molecule has 11 nitrogen and oxygen atoms in total. The van der Waals surface area contributed by atoms with Crippen molar-refractivity contribution in [2.75, 3.05) is 12.3 Å². The van der Waals surface area contributed by atoms with Crippen LogP contribution in [0.25, 0.3) is 22.7 Å². The van der Waals surface area contributed by atoms with Gasteiger partial charge in [-0.15, -0.1) is 0 Å². The Morgan fingerprint density at radius 1 is 1.25 bits per heavy atom. The van der Waals surface area contributed by atoms with Crippen LogP contribution in [0.3, 0.4) is 0 Å². The Morgan fingerprint density at radius 3 is 2.75 bits per heavy atom. The van der Waals surface area contributed by atoms with E-state index in [1.165, 1.54) is 17.2 Å². The number of fused-ring (bicyclic) bond motifs is 1. The zero-order valence-corrected chi connectivity index (χ0v) is 12.3. The lowest BCUT2D eigenvalue weighted by Gasteiger charge is -2.16. The second-order valence-electron chi connectivity index (χ2n) is 5.44. The number of hydrogen-bond acceptors (Lipinski definition) is 9. The summed E-state index contributed by atoms with van der Waals surface area (Å²) in [5.41, 5.74) is 7.10. The number of imidazole rings is 2. The molecular formula is C13H15N7O4. The summed E-state index contributed by atoms with van der Waals surface area (Å²) < 4.78 is 6.96. The van der Waals surface area contributed by atoms with Gasteiger partial charge in [0.05, 0.1) is 19.3 Å². The van der Waals surface area contributed by atoms with Gasteiger partial charge in [0.1, 0.15) is 29.5 Å². The Morgan fingerprint density at radius 2 is 2.08 bits per heavy atom. The molecule has 0 bridgehead atoms. The van der Waals surface area contributed by atoms with Crippen molar-refractivity contribution < 1.29 is 20.1 Å². The van der Waals surface area contributed by atoms with Gasteiger partial charge < -0.3 is 30.8 Å². The minimum absolute atomic E-state index is 0.156. The molecule has 1 aliphatic heterocycles. The molecular weight excluding hydrogens is 318 g/mol. The Labute approximate surface area is 134 Å². The molecule has 0 unspecified atom stereocenters. The molecule has 3 aromatic rings. The van der Waals surface area contributed by atoms with Crippen LogP contribution in [0.1, 0.15) is 6.23 Å². The predicted octanol–water partition coefficient (Wildman–Crippen LogP) is -1.59. The summed E-state index contributed by atoms with van der Waals surface area (Å²) in [6.07, 6.45) is 0.184. The maximum Gasteiger partial charge on any atom is 0.183 e. The molecule has 1 fully saturated rings. The van der Waals surface area contributed by atoms with E-state index in [4.69, 9.17) is 10.5 Å². The predicted molar refractivity (Wildman–Crippen MR) is 80.3 cm³/mol. The van der Waals surface area contributed by atoms with Crippen LogP contribution in [-0.4, -0.2) is 69.7 Å². The van der Waals surface area contributed by atoms with E-state index in [1.54, 1.807) is 6.20 Å². The lowest BCUT2D eigenvalue weighted by Crippen LogP contribution is -2.33. The standard InChI is InChI=1S/C13H15N7O4/c14-10-7-12(19-11(18-10)5-1-15-3-16-5)20(4-17-7)13-9(23)8(22)6(2-21)24-13/h1,3-4,6,8-9,13,21-23H,2H2,(H,15,16)(H2,14,18,19)/t6-,8-,9-,13-/m1/s1. The Bertz CT molecular complexity index is 865. The first kappa shape index (κ1) is 15.0. The first-order valence-corrected chi connectivity index (χ1v) is 7.22. The fourth-order valence-electron chi connectivity index (χ4n) is 2.73. The minimum atomic E-state index is -1.25. The summed E-state index contributed by atoms with van der Waals surface area (Å²) in [6, 6.07) is 0. The quantitative estimate of drug-likeness (QED) is 0.379. The molecule has 0 radical (unpaired) electrons. The lowest BCUT2D eigenvalue weighted by molar-refractivity contribution is -0.0511. The van der Waals surface area contributed by atoms with Gasteiger partial charge in [-0.1, -0.05) is 0 Å². The number of ether oxygens (including phenoxy) is 1. The van der Waals surface area contributed by atoms with Crippen LogP contribution in [0.5, 0.6) is 0 Å². The monoisotopic (exact) mass is 333 g/mol. The number of H-pyrrole nitrogens is 1. The van der Waals surface area contributed by atoms with Crippen molar-refractivity contribution in [1.82, 2.24) is 29.5 Å². The summed E-state index contributed by atoms with van der Waals surface area (Å²) in [5.74, 6) is 0.443. The number of anilines is 1. The van der Waals surface area contributed by atoms with Gasteiger partial charge in [-0.3, -0.25) is 4.57 Å². The Balaban J connectivity index is 1.82. The van der Waals surface area contributed by atoms with Crippen molar-refractivity contribution >= 4 is 17.0 Å². The average Bonchev–Trinajstić information content (AvgIpc) is 3.28. The fourth-order valence-corrected chi connectivity index (χ4v) is 2.73. The first-order valence-electron chi connectivity index (χ1n) is 7.22. The van der Waals surface area contributed by atoms with Gasteiger partial charge in [0.2, 0.25) is 0 Å². The fraction of sp³-hybridized carbons (Fsp3) is 0.385. The van der Waals surface area contributed by atoms with Gasteiger partial charge in [-0.2, -0.15) is 0 Å². The molecule has 126 valence electrons. The Kier molecular flexibility index (Phi) is 3.42. The van der Waals surface area contributed by atoms with Crippen molar-refractivity contribution in [1.29, 1.82) is 0 Å². The summed E-state index contributed by atoms with van der Waals surface area (Å²) in [5, 5.41) is 29.3. The zero-order valence-electron chi connectivity index (χ0n) is 12.3. The molecule has 4 heterocycles. The van der Waals surface area contributed by atoms with Crippen LogP contribution in [-0.2, 0) is 4.74 Å². The molecule has 1 saturated heterocycles. The number of nitrogens with one attached hydrogen (secondary N) is 1. The summed E-state index contributed by atoms with van der Waals surface area (Å²) in [6.45, 7) is -0.420. The van der Waals surface area contributed by atoms with Crippen molar-refractivity contribution in [3.8, 4) is 11.5 Å². The normalized spacial score (nSPS) is 27.1. The number of hydrogen-bond donors (Lipinski definition) is 5. The van der Waals surface area contributed by atoms with E-state index in [2.05, 4.69) is 24.9 Å². The second kappa shape index (κ2) is 5.49. The van der Waals surface area contributed by atoms with E-state index in [1.807, 2.05) is 0 Å². The highest BCUT2D eigenvalue weighted by Gasteiger charge is 2.44. The first-order chi connectivity index (χ1) is 11.6. The SMILES string of the molecule is Nc1nc(-c2c[nH]cn2)nc2c1ncn2[C@@H]1O[C@H](CO)[C@@H](O)[C@H]1O. The van der Waals surface area contributed by atoms with Crippen LogP contribution in [0.4, 0.5) is 5.82 Å². The molecule has 4 rings (SSSR count). The number of aliphatic hydroxyl groups excluding tert-OH is 3. The average molecular weight is 333 g/mol. The summed E-state index contributed by atoms with van der Waals surface area (Å²) in [4.78, 5) is 19.6. The van der Waals surface area contributed by atoms with E-state index >= 15 is 0 Å². The minimum Gasteiger partial charge on any atom is -0.394 e. The largest absolute Gasteiger partial charge is 0.394 e. The number of aromatic nitrogens is 6.